The van der Waals surface area contributed by atoms with E-state index in [-0.39, 0.29) is 4.90 Å². The number of aromatic nitrogens is 1. The van der Waals surface area contributed by atoms with Crippen LogP contribution in [0.3, 0.4) is 0 Å². The minimum absolute atomic E-state index is 0.277. The number of hydrogen-bond donors (Lipinski definition) is 2. The Morgan fingerprint density at radius 3 is 2.82 bits per heavy atom. The van der Waals surface area contributed by atoms with Gasteiger partial charge >= 0.3 is 0 Å². The van der Waals surface area contributed by atoms with Crippen molar-refractivity contribution in [2.45, 2.75) is 11.8 Å². The lowest BCUT2D eigenvalue weighted by Gasteiger charge is -1.99. The molecular weight excluding hydrogens is 164 g/mol. The van der Waals surface area contributed by atoms with Gasteiger partial charge in [-0.25, -0.2) is 13.1 Å². The summed E-state index contributed by atoms with van der Waals surface area (Å²) in [7, 11) is -3.25. The van der Waals surface area contributed by atoms with E-state index in [1.54, 1.807) is 13.1 Å². The van der Waals surface area contributed by atoms with Crippen LogP contribution in [-0.4, -0.2) is 19.9 Å². The normalized spacial score (nSPS) is 11.7. The zero-order valence-electron chi connectivity index (χ0n) is 6.16. The Kier molecular flexibility index (Phi) is 2.31. The van der Waals surface area contributed by atoms with Gasteiger partial charge in [0.05, 0.1) is 4.90 Å². The Morgan fingerprint density at radius 1 is 1.64 bits per heavy atom. The van der Waals surface area contributed by atoms with Crippen molar-refractivity contribution in [3.8, 4) is 0 Å². The van der Waals surface area contributed by atoms with Crippen LogP contribution < -0.4 is 4.72 Å². The van der Waals surface area contributed by atoms with Crippen molar-refractivity contribution >= 4 is 10.0 Å². The molecule has 1 heterocycles. The summed E-state index contributed by atoms with van der Waals surface area (Å²) < 4.78 is 24.7. The highest BCUT2D eigenvalue weighted by Crippen LogP contribution is 2.04. The minimum Gasteiger partial charge on any atom is -0.366 e. The van der Waals surface area contributed by atoms with Crippen molar-refractivity contribution in [2.75, 3.05) is 6.54 Å². The molecule has 0 aliphatic rings. The maximum Gasteiger partial charge on any atom is 0.242 e. The predicted molar refractivity (Wildman–Crippen MR) is 41.7 cm³/mol. The van der Waals surface area contributed by atoms with Gasteiger partial charge in [-0.05, 0) is 6.07 Å². The van der Waals surface area contributed by atoms with Crippen molar-refractivity contribution < 1.29 is 8.42 Å². The molecule has 0 saturated carbocycles. The van der Waals surface area contributed by atoms with Gasteiger partial charge < -0.3 is 4.98 Å². The Bertz CT molecular complexity index is 301. The van der Waals surface area contributed by atoms with E-state index in [9.17, 15) is 8.42 Å². The van der Waals surface area contributed by atoms with Crippen molar-refractivity contribution in [1.29, 1.82) is 0 Å². The molecule has 0 atom stereocenters. The van der Waals surface area contributed by atoms with Crippen molar-refractivity contribution in [2.24, 2.45) is 0 Å². The molecule has 2 N–H and O–H groups in total. The number of rotatable bonds is 3. The molecule has 0 fully saturated rings. The molecule has 1 rings (SSSR count). The molecule has 1 aromatic heterocycles. The summed E-state index contributed by atoms with van der Waals surface area (Å²) in [6.07, 6.45) is 3.02. The van der Waals surface area contributed by atoms with E-state index in [1.807, 2.05) is 0 Å². The molecule has 4 nitrogen and oxygen atoms in total. The van der Waals surface area contributed by atoms with E-state index in [1.165, 1.54) is 12.3 Å². The topological polar surface area (TPSA) is 62.0 Å². The first-order valence-corrected chi connectivity index (χ1v) is 4.77. The lowest BCUT2D eigenvalue weighted by molar-refractivity contribution is 0.584. The predicted octanol–water partition coefficient (Wildman–Crippen LogP) is 0.313. The van der Waals surface area contributed by atoms with E-state index >= 15 is 0 Å². The first-order chi connectivity index (χ1) is 5.17. The average molecular weight is 174 g/mol. The van der Waals surface area contributed by atoms with Gasteiger partial charge in [-0.1, -0.05) is 6.92 Å². The second kappa shape index (κ2) is 3.06. The second-order valence-electron chi connectivity index (χ2n) is 2.05. The summed E-state index contributed by atoms with van der Waals surface area (Å²) in [5.74, 6) is 0. The molecule has 62 valence electrons. The van der Waals surface area contributed by atoms with Crippen LogP contribution in [0.2, 0.25) is 0 Å². The number of sulfonamides is 1. The first kappa shape index (κ1) is 8.29. The Labute approximate surface area is 65.7 Å². The molecule has 0 saturated heterocycles. The molecule has 0 unspecified atom stereocenters. The second-order valence-corrected chi connectivity index (χ2v) is 3.81. The van der Waals surface area contributed by atoms with Gasteiger partial charge in [-0.15, -0.1) is 0 Å². The monoisotopic (exact) mass is 174 g/mol. The molecule has 0 aliphatic heterocycles. The Hall–Kier alpha value is -0.810. The Morgan fingerprint density at radius 2 is 2.36 bits per heavy atom. The number of hydrogen-bond acceptors (Lipinski definition) is 2. The molecule has 0 bridgehead atoms. The van der Waals surface area contributed by atoms with E-state index in [0.717, 1.165) is 0 Å². The molecule has 0 aromatic carbocycles. The molecule has 0 radical (unpaired) electrons. The van der Waals surface area contributed by atoms with Gasteiger partial charge in [0.15, 0.2) is 0 Å². The summed E-state index contributed by atoms with van der Waals surface area (Å²) >= 11 is 0. The van der Waals surface area contributed by atoms with Crippen LogP contribution in [0.25, 0.3) is 0 Å². The molecule has 0 aliphatic carbocycles. The van der Waals surface area contributed by atoms with E-state index in [4.69, 9.17) is 0 Å². The van der Waals surface area contributed by atoms with E-state index in [0.29, 0.717) is 6.54 Å². The quantitative estimate of drug-likeness (QED) is 0.693. The van der Waals surface area contributed by atoms with Gasteiger partial charge in [0.25, 0.3) is 0 Å². The molecule has 0 amide bonds. The Balaban J connectivity index is 2.92. The van der Waals surface area contributed by atoms with Crippen LogP contribution >= 0.6 is 0 Å². The van der Waals surface area contributed by atoms with Crippen molar-refractivity contribution in [1.82, 2.24) is 9.71 Å². The first-order valence-electron chi connectivity index (χ1n) is 3.29. The van der Waals surface area contributed by atoms with Gasteiger partial charge in [0.1, 0.15) is 0 Å². The molecule has 5 heteroatoms. The fraction of sp³-hybridized carbons (Fsp3) is 0.333. The summed E-state index contributed by atoms with van der Waals surface area (Å²) in [6, 6.07) is 1.51. The van der Waals surface area contributed by atoms with Crippen LogP contribution in [0.15, 0.2) is 23.4 Å². The van der Waals surface area contributed by atoms with E-state index in [2.05, 4.69) is 9.71 Å². The maximum absolute atomic E-state index is 11.2. The highest BCUT2D eigenvalue weighted by Gasteiger charge is 2.11. The molecule has 11 heavy (non-hydrogen) atoms. The third kappa shape index (κ3) is 1.81. The number of nitrogens with one attached hydrogen (secondary N) is 2. The zero-order chi connectivity index (χ0) is 8.32. The van der Waals surface area contributed by atoms with E-state index < -0.39 is 10.0 Å². The van der Waals surface area contributed by atoms with Crippen molar-refractivity contribution in [3.05, 3.63) is 18.5 Å². The number of H-pyrrole nitrogens is 1. The third-order valence-corrected chi connectivity index (χ3v) is 2.76. The van der Waals surface area contributed by atoms with Gasteiger partial charge in [0.2, 0.25) is 10.0 Å². The lowest BCUT2D eigenvalue weighted by Crippen LogP contribution is -2.22. The van der Waals surface area contributed by atoms with Crippen LogP contribution in [-0.2, 0) is 10.0 Å². The number of aromatic amines is 1. The maximum atomic E-state index is 11.2. The van der Waals surface area contributed by atoms with Crippen molar-refractivity contribution in [3.63, 3.8) is 0 Å². The average Bonchev–Trinajstić information content (AvgIpc) is 2.37. The summed E-state index contributed by atoms with van der Waals surface area (Å²) in [4.78, 5) is 2.95. The summed E-state index contributed by atoms with van der Waals surface area (Å²) in [5.41, 5.74) is 0. The van der Waals surface area contributed by atoms with Crippen LogP contribution in [0.1, 0.15) is 6.92 Å². The fourth-order valence-corrected chi connectivity index (χ4v) is 1.77. The SMILES string of the molecule is CCNS(=O)(=O)c1cc[nH]c1. The fourth-order valence-electron chi connectivity index (χ4n) is 0.749. The summed E-state index contributed by atoms with van der Waals surface area (Å²) in [6.45, 7) is 2.15. The van der Waals surface area contributed by atoms with Gasteiger partial charge in [0, 0.05) is 18.9 Å². The molecular formula is C6H10N2O2S. The third-order valence-electron chi connectivity index (χ3n) is 1.21. The van der Waals surface area contributed by atoms with Crippen LogP contribution in [0.4, 0.5) is 0 Å². The standard InChI is InChI=1S/C6H10N2O2S/c1-2-8-11(9,10)6-3-4-7-5-6/h3-5,7-8H,2H2,1H3. The minimum atomic E-state index is -3.25. The highest BCUT2D eigenvalue weighted by atomic mass is 32.2. The van der Waals surface area contributed by atoms with Crippen LogP contribution in [0.5, 0.6) is 0 Å². The lowest BCUT2D eigenvalue weighted by atomic mass is 10.7. The van der Waals surface area contributed by atoms with Gasteiger partial charge in [-0.3, -0.25) is 0 Å². The largest absolute Gasteiger partial charge is 0.366 e. The van der Waals surface area contributed by atoms with Crippen LogP contribution in [0, 0.1) is 0 Å². The smallest absolute Gasteiger partial charge is 0.242 e. The molecule has 0 spiro atoms. The zero-order valence-corrected chi connectivity index (χ0v) is 6.98. The highest BCUT2D eigenvalue weighted by molar-refractivity contribution is 7.89. The summed E-state index contributed by atoms with van der Waals surface area (Å²) in [5, 5.41) is 0. The molecule has 1 aromatic rings. The van der Waals surface area contributed by atoms with Gasteiger partial charge in [-0.2, -0.15) is 0 Å².